The first-order chi connectivity index (χ1) is 12.9. The smallest absolute Gasteiger partial charge is 0.430 e. The zero-order valence-corrected chi connectivity index (χ0v) is 15.6. The van der Waals surface area contributed by atoms with Gasteiger partial charge in [-0.2, -0.15) is 13.2 Å². The van der Waals surface area contributed by atoms with Gasteiger partial charge in [0.05, 0.1) is 10.5 Å². The predicted octanol–water partition coefficient (Wildman–Crippen LogP) is 3.86. The van der Waals surface area contributed by atoms with Gasteiger partial charge in [0.25, 0.3) is 0 Å². The number of sulfone groups is 1. The Morgan fingerprint density at radius 2 is 1.75 bits per heavy atom. The molecule has 0 aliphatic carbocycles. The molecule has 9 heteroatoms. The molecule has 0 amide bonds. The van der Waals surface area contributed by atoms with E-state index in [9.17, 15) is 26.4 Å². The summed E-state index contributed by atoms with van der Waals surface area (Å²) in [6.45, 7) is 1.71. The van der Waals surface area contributed by atoms with Crippen LogP contribution < -0.4 is 4.74 Å². The second-order valence-electron chi connectivity index (χ2n) is 6.47. The Morgan fingerprint density at radius 3 is 2.25 bits per heavy atom. The fourth-order valence-electron chi connectivity index (χ4n) is 2.98. The number of hydrogen-bond donors (Lipinski definition) is 1. The van der Waals surface area contributed by atoms with Gasteiger partial charge in [0.1, 0.15) is 5.75 Å². The van der Waals surface area contributed by atoms with E-state index in [2.05, 4.69) is 0 Å². The minimum Gasteiger partial charge on any atom is -0.478 e. The lowest BCUT2D eigenvalue weighted by molar-refractivity contribution is -0.187. The summed E-state index contributed by atoms with van der Waals surface area (Å²) in [6.07, 6.45) is -5.51. The Hall–Kier alpha value is -2.81. The Kier molecular flexibility index (Phi) is 4.74. The van der Waals surface area contributed by atoms with Crippen molar-refractivity contribution in [3.8, 4) is 16.9 Å². The lowest BCUT2D eigenvalue weighted by Gasteiger charge is -2.29. The summed E-state index contributed by atoms with van der Waals surface area (Å²) in [6, 6.07) is 8.76. The number of benzene rings is 2. The third-order valence-corrected chi connectivity index (χ3v) is 5.36. The first-order valence-corrected chi connectivity index (χ1v) is 9.90. The fraction of sp³-hybridized carbons (Fsp3) is 0.211. The van der Waals surface area contributed by atoms with E-state index >= 15 is 0 Å². The van der Waals surface area contributed by atoms with Crippen LogP contribution in [0, 0.1) is 6.92 Å². The normalized spacial score (nSPS) is 16.8. The van der Waals surface area contributed by atoms with Crippen LogP contribution in [-0.2, 0) is 14.6 Å². The zero-order valence-electron chi connectivity index (χ0n) is 14.7. The highest BCUT2D eigenvalue weighted by atomic mass is 32.2. The third-order valence-electron chi connectivity index (χ3n) is 4.23. The Balaban J connectivity index is 2.19. The molecule has 148 valence electrons. The average Bonchev–Trinajstić information content (AvgIpc) is 2.58. The van der Waals surface area contributed by atoms with Crippen LogP contribution in [0.4, 0.5) is 13.2 Å². The number of alkyl halides is 3. The number of fused-ring (bicyclic) bond motifs is 1. The molecule has 2 aromatic rings. The average molecular weight is 412 g/mol. The zero-order chi connectivity index (χ0) is 20.9. The van der Waals surface area contributed by atoms with E-state index in [1.54, 1.807) is 13.0 Å². The standard InChI is InChI=1S/C19H15F3O5S/c1-10-7-12-9-15(18(23)24)17(19(20,21)22)27-16(12)14(8-10)11-3-5-13(6-4-11)28(2,25)26/h3-9,17H,1-2H3,(H,23,24). The largest absolute Gasteiger partial charge is 0.478 e. The molecule has 0 aromatic heterocycles. The molecule has 1 aliphatic rings. The van der Waals surface area contributed by atoms with Gasteiger partial charge in [-0.1, -0.05) is 12.1 Å². The molecule has 1 N–H and O–H groups in total. The van der Waals surface area contributed by atoms with Crippen molar-refractivity contribution in [3.05, 3.63) is 53.1 Å². The van der Waals surface area contributed by atoms with Gasteiger partial charge in [-0.05, 0) is 48.4 Å². The molecule has 2 aromatic carbocycles. The third kappa shape index (κ3) is 3.75. The monoisotopic (exact) mass is 412 g/mol. The second kappa shape index (κ2) is 6.66. The number of carbonyl (C=O) groups is 1. The van der Waals surface area contributed by atoms with Crippen LogP contribution in [0.5, 0.6) is 5.75 Å². The molecule has 28 heavy (non-hydrogen) atoms. The molecule has 0 bridgehead atoms. The highest BCUT2D eigenvalue weighted by molar-refractivity contribution is 7.90. The second-order valence-corrected chi connectivity index (χ2v) is 8.49. The Bertz CT molecular complexity index is 1080. The molecule has 0 fully saturated rings. The molecule has 1 aliphatic heterocycles. The lowest BCUT2D eigenvalue weighted by Crippen LogP contribution is -2.40. The van der Waals surface area contributed by atoms with Crippen molar-refractivity contribution in [3.63, 3.8) is 0 Å². The van der Waals surface area contributed by atoms with Gasteiger partial charge in [0, 0.05) is 17.4 Å². The molecule has 5 nitrogen and oxygen atoms in total. The van der Waals surface area contributed by atoms with Crippen molar-refractivity contribution in [2.24, 2.45) is 0 Å². The van der Waals surface area contributed by atoms with Crippen LogP contribution in [0.3, 0.4) is 0 Å². The number of aryl methyl sites for hydroxylation is 1. The quantitative estimate of drug-likeness (QED) is 0.828. The van der Waals surface area contributed by atoms with Gasteiger partial charge < -0.3 is 9.84 Å². The summed E-state index contributed by atoms with van der Waals surface area (Å²) >= 11 is 0. The van der Waals surface area contributed by atoms with E-state index in [4.69, 9.17) is 9.84 Å². The maximum absolute atomic E-state index is 13.3. The molecule has 3 rings (SSSR count). The minimum atomic E-state index is -4.91. The van der Waals surface area contributed by atoms with Crippen molar-refractivity contribution in [2.45, 2.75) is 24.1 Å². The van der Waals surface area contributed by atoms with Crippen molar-refractivity contribution in [1.29, 1.82) is 0 Å². The van der Waals surface area contributed by atoms with Crippen LogP contribution in [0.1, 0.15) is 11.1 Å². The molecule has 0 saturated carbocycles. The van der Waals surface area contributed by atoms with Gasteiger partial charge in [-0.3, -0.25) is 0 Å². The van der Waals surface area contributed by atoms with Crippen molar-refractivity contribution < 1.29 is 36.2 Å². The van der Waals surface area contributed by atoms with Crippen LogP contribution in [0.2, 0.25) is 0 Å². The molecular formula is C19H15F3O5S. The lowest BCUT2D eigenvalue weighted by atomic mass is 9.94. The van der Waals surface area contributed by atoms with Gasteiger partial charge in [0.15, 0.2) is 9.84 Å². The highest BCUT2D eigenvalue weighted by Crippen LogP contribution is 2.43. The number of carboxylic acid groups (broad SMARTS) is 1. The van der Waals surface area contributed by atoms with Crippen molar-refractivity contribution in [1.82, 2.24) is 0 Å². The molecule has 1 heterocycles. The van der Waals surface area contributed by atoms with Crippen LogP contribution >= 0.6 is 0 Å². The topological polar surface area (TPSA) is 80.7 Å². The van der Waals surface area contributed by atoms with E-state index in [1.807, 2.05) is 0 Å². The van der Waals surface area contributed by atoms with Crippen LogP contribution in [0.25, 0.3) is 17.2 Å². The predicted molar refractivity (Wildman–Crippen MR) is 95.8 cm³/mol. The molecule has 0 saturated heterocycles. The Morgan fingerprint density at radius 1 is 1.14 bits per heavy atom. The summed E-state index contributed by atoms with van der Waals surface area (Å²) in [4.78, 5) is 11.4. The summed E-state index contributed by atoms with van der Waals surface area (Å²) in [5, 5.41) is 9.15. The molecule has 1 unspecified atom stereocenters. The number of aliphatic carboxylic acids is 1. The maximum Gasteiger partial charge on any atom is 0.430 e. The van der Waals surface area contributed by atoms with Crippen molar-refractivity contribution >= 4 is 21.9 Å². The summed E-state index contributed by atoms with van der Waals surface area (Å²) < 4.78 is 68.4. The summed E-state index contributed by atoms with van der Waals surface area (Å²) in [7, 11) is -3.43. The summed E-state index contributed by atoms with van der Waals surface area (Å²) in [5.74, 6) is -1.82. The summed E-state index contributed by atoms with van der Waals surface area (Å²) in [5.41, 5.74) is 0.741. The van der Waals surface area contributed by atoms with E-state index < -0.39 is 33.7 Å². The number of carboxylic acids is 1. The SMILES string of the molecule is Cc1cc2c(c(-c3ccc(S(C)(=O)=O)cc3)c1)OC(C(F)(F)F)C(C(=O)O)=C2. The fourth-order valence-corrected chi connectivity index (χ4v) is 3.61. The number of halogens is 3. The van der Waals surface area contributed by atoms with Gasteiger partial charge >= 0.3 is 12.1 Å². The van der Waals surface area contributed by atoms with Gasteiger partial charge in [-0.25, -0.2) is 13.2 Å². The van der Waals surface area contributed by atoms with E-state index in [1.165, 1.54) is 30.3 Å². The first-order valence-electron chi connectivity index (χ1n) is 8.01. The number of ether oxygens (including phenoxy) is 1. The maximum atomic E-state index is 13.3. The van der Waals surface area contributed by atoms with Gasteiger partial charge in [0.2, 0.25) is 6.10 Å². The molecule has 0 radical (unpaired) electrons. The Labute approximate surface area is 159 Å². The number of rotatable bonds is 3. The first kappa shape index (κ1) is 19.9. The molecular weight excluding hydrogens is 397 g/mol. The minimum absolute atomic E-state index is 0.0694. The highest BCUT2D eigenvalue weighted by Gasteiger charge is 2.48. The number of hydrogen-bond acceptors (Lipinski definition) is 4. The molecule has 0 spiro atoms. The van der Waals surface area contributed by atoms with E-state index in [0.717, 1.165) is 12.3 Å². The van der Waals surface area contributed by atoms with Crippen LogP contribution in [0.15, 0.2) is 46.9 Å². The van der Waals surface area contributed by atoms with Gasteiger partial charge in [-0.15, -0.1) is 0 Å². The van der Waals surface area contributed by atoms with Crippen molar-refractivity contribution in [2.75, 3.05) is 6.26 Å². The van der Waals surface area contributed by atoms with E-state index in [0.29, 0.717) is 16.7 Å². The van der Waals surface area contributed by atoms with E-state index in [-0.39, 0.29) is 16.2 Å². The molecule has 1 atom stereocenters. The van der Waals surface area contributed by atoms with Crippen LogP contribution in [-0.4, -0.2) is 38.0 Å².